The van der Waals surface area contributed by atoms with Crippen LogP contribution in [0.5, 0.6) is 0 Å². The normalized spacial score (nSPS) is 21.6. The van der Waals surface area contributed by atoms with Crippen LogP contribution in [0.2, 0.25) is 0 Å². The van der Waals surface area contributed by atoms with Gasteiger partial charge in [-0.05, 0) is 29.9 Å². The highest BCUT2D eigenvalue weighted by molar-refractivity contribution is 9.10. The van der Waals surface area contributed by atoms with E-state index in [0.29, 0.717) is 11.5 Å². The van der Waals surface area contributed by atoms with Crippen molar-refractivity contribution in [1.82, 2.24) is 5.32 Å². The number of hydrogen-bond acceptors (Lipinski definition) is 3. The lowest BCUT2D eigenvalue weighted by atomic mass is 9.73. The number of rotatable bonds is 4. The standard InChI is InChI=1S/C15H21BrN2O2/c1-15(2)8-4-3-5-14(15)17-10-11-6-7-12(18(19)20)9-13(11)16/h6-7,9,14,17H,3-5,8,10H2,1-2H3. The maximum absolute atomic E-state index is 10.7. The molecule has 0 saturated heterocycles. The first-order valence-corrected chi connectivity index (χ1v) is 7.86. The van der Waals surface area contributed by atoms with E-state index >= 15 is 0 Å². The fourth-order valence-electron chi connectivity index (χ4n) is 2.90. The molecule has 1 aliphatic rings. The minimum atomic E-state index is -0.369. The molecule has 2 rings (SSSR count). The Morgan fingerprint density at radius 1 is 1.45 bits per heavy atom. The lowest BCUT2D eigenvalue weighted by Gasteiger charge is -2.39. The third-order valence-corrected chi connectivity index (χ3v) is 5.03. The van der Waals surface area contributed by atoms with Crippen LogP contribution in [0.25, 0.3) is 0 Å². The van der Waals surface area contributed by atoms with Crippen molar-refractivity contribution < 1.29 is 4.92 Å². The van der Waals surface area contributed by atoms with Gasteiger partial charge in [0.25, 0.3) is 5.69 Å². The lowest BCUT2D eigenvalue weighted by molar-refractivity contribution is -0.384. The molecule has 20 heavy (non-hydrogen) atoms. The number of nitrogens with one attached hydrogen (secondary N) is 1. The zero-order valence-corrected chi connectivity index (χ0v) is 13.6. The van der Waals surface area contributed by atoms with Crippen LogP contribution in [0, 0.1) is 15.5 Å². The quantitative estimate of drug-likeness (QED) is 0.652. The first-order valence-electron chi connectivity index (χ1n) is 7.06. The molecule has 1 fully saturated rings. The van der Waals surface area contributed by atoms with Crippen LogP contribution < -0.4 is 5.32 Å². The molecule has 4 nitrogen and oxygen atoms in total. The van der Waals surface area contributed by atoms with E-state index in [0.717, 1.165) is 16.6 Å². The monoisotopic (exact) mass is 340 g/mol. The zero-order chi connectivity index (χ0) is 14.8. The van der Waals surface area contributed by atoms with Crippen LogP contribution in [0.4, 0.5) is 5.69 Å². The van der Waals surface area contributed by atoms with E-state index < -0.39 is 0 Å². The summed E-state index contributed by atoms with van der Waals surface area (Å²) in [6.07, 6.45) is 5.05. The van der Waals surface area contributed by atoms with E-state index in [1.807, 2.05) is 6.07 Å². The molecule has 1 saturated carbocycles. The van der Waals surface area contributed by atoms with Gasteiger partial charge in [0.2, 0.25) is 0 Å². The van der Waals surface area contributed by atoms with Gasteiger partial charge in [-0.3, -0.25) is 10.1 Å². The number of halogens is 1. The second kappa shape index (κ2) is 6.22. The summed E-state index contributed by atoms with van der Waals surface area (Å²) in [5, 5.41) is 14.3. The second-order valence-electron chi connectivity index (χ2n) is 6.20. The molecule has 5 heteroatoms. The molecule has 0 heterocycles. The van der Waals surface area contributed by atoms with Crippen molar-refractivity contribution in [3.8, 4) is 0 Å². The Morgan fingerprint density at radius 2 is 2.20 bits per heavy atom. The highest BCUT2D eigenvalue weighted by Gasteiger charge is 2.31. The Kier molecular flexibility index (Phi) is 4.81. The average molecular weight is 341 g/mol. The topological polar surface area (TPSA) is 55.2 Å². The van der Waals surface area contributed by atoms with Crippen molar-refractivity contribution >= 4 is 21.6 Å². The predicted octanol–water partition coefficient (Wildman–Crippen LogP) is 4.42. The Morgan fingerprint density at radius 3 is 2.80 bits per heavy atom. The van der Waals surface area contributed by atoms with Gasteiger partial charge < -0.3 is 5.32 Å². The minimum Gasteiger partial charge on any atom is -0.309 e. The molecule has 1 N–H and O–H groups in total. The van der Waals surface area contributed by atoms with Gasteiger partial charge in [0, 0.05) is 29.2 Å². The molecular formula is C15H21BrN2O2. The van der Waals surface area contributed by atoms with Crippen molar-refractivity contribution in [2.45, 2.75) is 52.1 Å². The van der Waals surface area contributed by atoms with Crippen molar-refractivity contribution in [1.29, 1.82) is 0 Å². The molecule has 110 valence electrons. The summed E-state index contributed by atoms with van der Waals surface area (Å²) in [7, 11) is 0. The van der Waals surface area contributed by atoms with Gasteiger partial charge in [-0.2, -0.15) is 0 Å². The minimum absolute atomic E-state index is 0.124. The van der Waals surface area contributed by atoms with Gasteiger partial charge in [-0.15, -0.1) is 0 Å². The highest BCUT2D eigenvalue weighted by atomic mass is 79.9. The molecule has 1 aromatic rings. The Balaban J connectivity index is 2.02. The highest BCUT2D eigenvalue weighted by Crippen LogP contribution is 2.35. The van der Waals surface area contributed by atoms with Crippen LogP contribution in [-0.4, -0.2) is 11.0 Å². The van der Waals surface area contributed by atoms with Gasteiger partial charge in [-0.25, -0.2) is 0 Å². The van der Waals surface area contributed by atoms with Gasteiger partial charge in [0.05, 0.1) is 4.92 Å². The largest absolute Gasteiger partial charge is 0.309 e. The lowest BCUT2D eigenvalue weighted by Crippen LogP contribution is -2.43. The molecule has 0 aromatic heterocycles. The van der Waals surface area contributed by atoms with Crippen LogP contribution in [0.1, 0.15) is 45.1 Å². The summed E-state index contributed by atoms with van der Waals surface area (Å²) < 4.78 is 0.799. The van der Waals surface area contributed by atoms with E-state index in [2.05, 4.69) is 35.1 Å². The summed E-state index contributed by atoms with van der Waals surface area (Å²) >= 11 is 3.42. The number of nitro benzene ring substituents is 1. The molecule has 1 aliphatic carbocycles. The Bertz CT molecular complexity index is 503. The molecule has 1 atom stereocenters. The summed E-state index contributed by atoms with van der Waals surface area (Å²) in [5.74, 6) is 0. The van der Waals surface area contributed by atoms with Gasteiger partial charge in [-0.1, -0.05) is 42.6 Å². The summed E-state index contributed by atoms with van der Waals surface area (Å²) in [4.78, 5) is 10.4. The number of nitro groups is 1. The molecule has 0 spiro atoms. The number of hydrogen-bond donors (Lipinski definition) is 1. The maximum atomic E-state index is 10.7. The number of nitrogens with zero attached hydrogens (tertiary/aromatic N) is 1. The molecule has 0 bridgehead atoms. The fourth-order valence-corrected chi connectivity index (χ4v) is 3.41. The third-order valence-electron chi connectivity index (χ3n) is 4.29. The van der Waals surface area contributed by atoms with Crippen molar-refractivity contribution in [3.05, 3.63) is 38.3 Å². The van der Waals surface area contributed by atoms with Crippen LogP contribution in [-0.2, 0) is 6.54 Å². The van der Waals surface area contributed by atoms with E-state index in [1.54, 1.807) is 12.1 Å². The van der Waals surface area contributed by atoms with Gasteiger partial charge in [0.15, 0.2) is 0 Å². The summed E-state index contributed by atoms with van der Waals surface area (Å²) in [5.41, 5.74) is 1.52. The summed E-state index contributed by atoms with van der Waals surface area (Å²) in [6, 6.07) is 5.47. The Hall–Kier alpha value is -0.940. The predicted molar refractivity (Wildman–Crippen MR) is 83.7 cm³/mol. The fraction of sp³-hybridized carbons (Fsp3) is 0.600. The van der Waals surface area contributed by atoms with E-state index in [9.17, 15) is 10.1 Å². The summed E-state index contributed by atoms with van der Waals surface area (Å²) in [6.45, 7) is 5.37. The van der Waals surface area contributed by atoms with Gasteiger partial charge in [0.1, 0.15) is 0 Å². The molecule has 1 aromatic carbocycles. The van der Waals surface area contributed by atoms with Crippen molar-refractivity contribution in [2.24, 2.45) is 5.41 Å². The van der Waals surface area contributed by atoms with E-state index in [-0.39, 0.29) is 10.6 Å². The van der Waals surface area contributed by atoms with Crippen molar-refractivity contribution in [2.75, 3.05) is 0 Å². The molecule has 0 amide bonds. The zero-order valence-electron chi connectivity index (χ0n) is 12.0. The van der Waals surface area contributed by atoms with E-state index in [1.165, 1.54) is 25.7 Å². The van der Waals surface area contributed by atoms with E-state index in [4.69, 9.17) is 0 Å². The molecular weight excluding hydrogens is 320 g/mol. The van der Waals surface area contributed by atoms with Crippen LogP contribution >= 0.6 is 15.9 Å². The van der Waals surface area contributed by atoms with Crippen LogP contribution in [0.3, 0.4) is 0 Å². The average Bonchev–Trinajstić information content (AvgIpc) is 2.38. The Labute approximate surface area is 128 Å². The van der Waals surface area contributed by atoms with Gasteiger partial charge >= 0.3 is 0 Å². The van der Waals surface area contributed by atoms with Crippen molar-refractivity contribution in [3.63, 3.8) is 0 Å². The maximum Gasteiger partial charge on any atom is 0.270 e. The molecule has 0 radical (unpaired) electrons. The SMILES string of the molecule is CC1(C)CCCCC1NCc1ccc([N+](=O)[O-])cc1Br. The van der Waals surface area contributed by atoms with Crippen LogP contribution in [0.15, 0.2) is 22.7 Å². The third kappa shape index (κ3) is 3.58. The molecule has 0 aliphatic heterocycles. The number of benzene rings is 1. The first kappa shape index (κ1) is 15.4. The molecule has 1 unspecified atom stereocenters. The first-order chi connectivity index (χ1) is 9.40. The second-order valence-corrected chi connectivity index (χ2v) is 7.06. The smallest absolute Gasteiger partial charge is 0.270 e. The number of non-ortho nitro benzene ring substituents is 1.